The highest BCUT2D eigenvalue weighted by Crippen LogP contribution is 2.22. The number of carbonyl (C=O) groups is 4. The second-order valence-electron chi connectivity index (χ2n) is 16.8. The molecule has 1 aliphatic rings. The smallest absolute Gasteiger partial charge is 0.244 e. The van der Waals surface area contributed by atoms with Crippen molar-refractivity contribution >= 4 is 40.4 Å². The van der Waals surface area contributed by atoms with E-state index in [2.05, 4.69) is 27.0 Å². The van der Waals surface area contributed by atoms with E-state index >= 15 is 0 Å². The Labute approximate surface area is 367 Å². The molecule has 0 aliphatic carbocycles. The number of carbonyl (C=O) groups excluding carboxylic acids is 4. The van der Waals surface area contributed by atoms with Gasteiger partial charge in [-0.2, -0.15) is 0 Å². The molecule has 12 heteroatoms. The van der Waals surface area contributed by atoms with Gasteiger partial charge in [-0.25, -0.2) is 0 Å². The molecule has 4 amide bonds. The lowest BCUT2D eigenvalue weighted by Gasteiger charge is -2.32. The standard InChI is InChI=1S/C50H67N7O5/c1-57-45(35-38-25-28-39-20-15-16-21-40(39)33-38)56-48(61)43(23-17-31-53-50(51)52)54-49(62)44(34-36-18-11-10-12-19-36)55-47(60)41(32-37-26-29-42(58)30-27-37)22-13-8-6-4-2-3-5-7-9-14-24-46(57)59/h10-12,15-16,18-21,25-30,33,41,43-45,58H,2-9,13-14,17,22-24,31-32,34-35H2,1H3,(H,54,62)(H,55,60)(H,56,61)(H4,51,52,53). The van der Waals surface area contributed by atoms with Crippen molar-refractivity contribution in [3.8, 4) is 5.75 Å². The van der Waals surface area contributed by atoms with Crippen LogP contribution < -0.4 is 27.4 Å². The van der Waals surface area contributed by atoms with E-state index in [1.54, 1.807) is 24.1 Å². The fraction of sp³-hybridized carbons (Fsp3) is 0.460. The first-order valence-electron chi connectivity index (χ1n) is 22.6. The quantitative estimate of drug-likeness (QED) is 0.0574. The Bertz CT molecular complexity index is 2050. The molecule has 4 atom stereocenters. The number of hydrogen-bond acceptors (Lipinski definition) is 6. The molecular formula is C50H67N7O5. The first kappa shape index (κ1) is 47.1. The molecule has 0 spiro atoms. The number of benzene rings is 4. The molecule has 0 bridgehead atoms. The number of phenols is 1. The Morgan fingerprint density at radius 1 is 0.629 bits per heavy atom. The maximum absolute atomic E-state index is 14.5. The van der Waals surface area contributed by atoms with Gasteiger partial charge < -0.3 is 37.4 Å². The van der Waals surface area contributed by atoms with Crippen LogP contribution in [0.3, 0.4) is 0 Å². The van der Waals surface area contributed by atoms with E-state index < -0.39 is 36.0 Å². The topological polar surface area (TPSA) is 192 Å². The third kappa shape index (κ3) is 15.8. The summed E-state index contributed by atoms with van der Waals surface area (Å²) in [4.78, 5) is 62.9. The van der Waals surface area contributed by atoms with E-state index in [1.165, 1.54) is 0 Å². The maximum atomic E-state index is 14.5. The van der Waals surface area contributed by atoms with Gasteiger partial charge in [-0.05, 0) is 71.7 Å². The van der Waals surface area contributed by atoms with Crippen LogP contribution in [0.5, 0.6) is 5.75 Å². The van der Waals surface area contributed by atoms with Gasteiger partial charge in [-0.1, -0.05) is 143 Å². The van der Waals surface area contributed by atoms with Crippen LogP contribution in [0.4, 0.5) is 0 Å². The number of guanidine groups is 1. The van der Waals surface area contributed by atoms with Gasteiger partial charge >= 0.3 is 0 Å². The average Bonchev–Trinajstić information content (AvgIpc) is 3.27. The minimum atomic E-state index is -1.03. The number of amides is 4. The third-order valence-corrected chi connectivity index (χ3v) is 11.9. The zero-order valence-corrected chi connectivity index (χ0v) is 36.4. The summed E-state index contributed by atoms with van der Waals surface area (Å²) in [5, 5.41) is 21.3. The number of aromatic hydroxyl groups is 1. The normalized spacial score (nSPS) is 21.0. The fourth-order valence-corrected chi connectivity index (χ4v) is 8.21. The lowest BCUT2D eigenvalue weighted by Crippen LogP contribution is -2.58. The molecule has 5 rings (SSSR count). The molecule has 8 N–H and O–H groups in total. The molecule has 4 unspecified atom stereocenters. The Morgan fingerprint density at radius 2 is 1.21 bits per heavy atom. The van der Waals surface area contributed by atoms with E-state index in [4.69, 9.17) is 11.5 Å². The second-order valence-corrected chi connectivity index (χ2v) is 16.8. The highest BCUT2D eigenvalue weighted by molar-refractivity contribution is 5.93. The van der Waals surface area contributed by atoms with E-state index in [0.717, 1.165) is 91.7 Å². The van der Waals surface area contributed by atoms with E-state index in [0.29, 0.717) is 32.1 Å². The molecule has 1 saturated heterocycles. The van der Waals surface area contributed by atoms with Gasteiger partial charge in [0.2, 0.25) is 23.6 Å². The summed E-state index contributed by atoms with van der Waals surface area (Å²) < 4.78 is 0. The van der Waals surface area contributed by atoms with Gasteiger partial charge in [0.05, 0.1) is 0 Å². The predicted octanol–water partition coefficient (Wildman–Crippen LogP) is 6.81. The Kier molecular flexibility index (Phi) is 19.1. The Balaban J connectivity index is 1.45. The van der Waals surface area contributed by atoms with Crippen molar-refractivity contribution in [2.75, 3.05) is 13.6 Å². The minimum absolute atomic E-state index is 0.0635. The predicted molar refractivity (Wildman–Crippen MR) is 247 cm³/mol. The Hall–Kier alpha value is -5.91. The van der Waals surface area contributed by atoms with Gasteiger partial charge in [-0.15, -0.1) is 0 Å². The van der Waals surface area contributed by atoms with Crippen molar-refractivity contribution in [2.45, 2.75) is 127 Å². The highest BCUT2D eigenvalue weighted by atomic mass is 16.3. The Morgan fingerprint density at radius 3 is 1.90 bits per heavy atom. The molecule has 1 aliphatic heterocycles. The first-order chi connectivity index (χ1) is 30.0. The van der Waals surface area contributed by atoms with Crippen LogP contribution in [0.1, 0.15) is 107 Å². The number of nitrogens with zero attached hydrogens (tertiary/aromatic N) is 2. The summed E-state index contributed by atoms with van der Waals surface area (Å²) in [5.41, 5.74) is 13.9. The minimum Gasteiger partial charge on any atom is -0.508 e. The van der Waals surface area contributed by atoms with Gasteiger partial charge in [0.25, 0.3) is 0 Å². The van der Waals surface area contributed by atoms with Crippen LogP contribution in [0, 0.1) is 5.92 Å². The van der Waals surface area contributed by atoms with Crippen molar-refractivity contribution in [3.63, 3.8) is 0 Å². The number of fused-ring (bicyclic) bond motifs is 1. The van der Waals surface area contributed by atoms with E-state index in [-0.39, 0.29) is 42.9 Å². The molecule has 332 valence electrons. The van der Waals surface area contributed by atoms with E-state index in [1.807, 2.05) is 78.9 Å². The summed E-state index contributed by atoms with van der Waals surface area (Å²) in [6, 6.07) is 28.5. The summed E-state index contributed by atoms with van der Waals surface area (Å²) in [5.74, 6) is -1.61. The average molecular weight is 846 g/mol. The number of phenolic OH excluding ortho intramolecular Hbond substituents is 1. The van der Waals surface area contributed by atoms with Crippen LogP contribution in [0.2, 0.25) is 0 Å². The molecule has 4 aromatic carbocycles. The third-order valence-electron chi connectivity index (χ3n) is 11.9. The molecule has 4 aromatic rings. The summed E-state index contributed by atoms with van der Waals surface area (Å²) in [6.07, 6.45) is 12.2. The number of aliphatic imine (C=N–C) groups is 1. The van der Waals surface area contributed by atoms with Crippen LogP contribution in [-0.2, 0) is 38.4 Å². The molecule has 12 nitrogen and oxygen atoms in total. The largest absolute Gasteiger partial charge is 0.508 e. The van der Waals surface area contributed by atoms with Crippen molar-refractivity contribution in [1.82, 2.24) is 20.9 Å². The van der Waals surface area contributed by atoms with Crippen molar-refractivity contribution in [2.24, 2.45) is 22.4 Å². The summed E-state index contributed by atoms with van der Waals surface area (Å²) >= 11 is 0. The summed E-state index contributed by atoms with van der Waals surface area (Å²) in [7, 11) is 1.73. The first-order valence-corrected chi connectivity index (χ1v) is 22.6. The van der Waals surface area contributed by atoms with Crippen LogP contribution in [0.15, 0.2) is 102 Å². The number of nitrogens with two attached hydrogens (primary N) is 2. The number of rotatable bonds is 10. The molecule has 1 heterocycles. The molecule has 0 radical (unpaired) electrons. The fourth-order valence-electron chi connectivity index (χ4n) is 8.21. The van der Waals surface area contributed by atoms with E-state index in [9.17, 15) is 24.3 Å². The van der Waals surface area contributed by atoms with Crippen LogP contribution >= 0.6 is 0 Å². The lowest BCUT2D eigenvalue weighted by atomic mass is 9.91. The monoisotopic (exact) mass is 846 g/mol. The van der Waals surface area contributed by atoms with Crippen molar-refractivity contribution < 1.29 is 24.3 Å². The molecular weight excluding hydrogens is 779 g/mol. The van der Waals surface area contributed by atoms with Crippen LogP contribution in [0.25, 0.3) is 10.8 Å². The zero-order chi connectivity index (χ0) is 44.1. The molecule has 0 saturated carbocycles. The van der Waals surface area contributed by atoms with Crippen molar-refractivity contribution in [1.29, 1.82) is 0 Å². The SMILES string of the molecule is CN1C(=O)CCCCCCCCCCCCC(Cc2ccc(O)cc2)C(=O)NC(Cc2ccccc2)C(=O)NC(CCCN=C(N)N)C(=O)NC1Cc1ccc2ccccc2c1. The zero-order valence-electron chi connectivity index (χ0n) is 36.4. The number of hydrogen-bond donors (Lipinski definition) is 6. The molecule has 62 heavy (non-hydrogen) atoms. The van der Waals surface area contributed by atoms with Crippen LogP contribution in [-0.4, -0.2) is 71.4 Å². The van der Waals surface area contributed by atoms with Gasteiger partial charge in [-0.3, -0.25) is 24.2 Å². The number of likely N-dealkylation sites (N-methyl/N-ethyl adjacent to an activating group) is 1. The van der Waals surface area contributed by atoms with Gasteiger partial charge in [0.15, 0.2) is 5.96 Å². The molecule has 0 aromatic heterocycles. The summed E-state index contributed by atoms with van der Waals surface area (Å²) in [6.45, 7) is 0.240. The van der Waals surface area contributed by atoms with Gasteiger partial charge in [0, 0.05) is 38.8 Å². The van der Waals surface area contributed by atoms with Crippen molar-refractivity contribution in [3.05, 3.63) is 114 Å². The number of nitrogens with one attached hydrogen (secondary N) is 3. The second kappa shape index (κ2) is 25.1. The maximum Gasteiger partial charge on any atom is 0.244 e. The highest BCUT2D eigenvalue weighted by Gasteiger charge is 2.31. The lowest BCUT2D eigenvalue weighted by molar-refractivity contribution is -0.136. The molecule has 1 fully saturated rings. The van der Waals surface area contributed by atoms with Gasteiger partial charge in [0.1, 0.15) is 24.0 Å².